The summed E-state index contributed by atoms with van der Waals surface area (Å²) in [7, 11) is 0. The quantitative estimate of drug-likeness (QED) is 0.647. The van der Waals surface area contributed by atoms with E-state index in [4.69, 9.17) is 0 Å². The van der Waals surface area contributed by atoms with Crippen molar-refractivity contribution in [3.8, 4) is 0 Å². The summed E-state index contributed by atoms with van der Waals surface area (Å²) in [4.78, 5) is 41.6. The van der Waals surface area contributed by atoms with Crippen LogP contribution in [0.1, 0.15) is 30.4 Å². The van der Waals surface area contributed by atoms with E-state index in [1.807, 2.05) is 55.5 Å². The fourth-order valence-electron chi connectivity index (χ4n) is 5.86. The van der Waals surface area contributed by atoms with E-state index >= 15 is 0 Å². The molecule has 2 aliphatic carbocycles. The Morgan fingerprint density at radius 1 is 1.06 bits per heavy atom. The van der Waals surface area contributed by atoms with Crippen molar-refractivity contribution >= 4 is 39.3 Å². The van der Waals surface area contributed by atoms with Crippen LogP contribution in [0.15, 0.2) is 53.0 Å². The van der Waals surface area contributed by atoms with Gasteiger partial charge in [-0.2, -0.15) is 0 Å². The van der Waals surface area contributed by atoms with Gasteiger partial charge in [0.05, 0.1) is 11.8 Å². The number of carbonyl (C=O) groups excluding carboxylic acids is 3. The first-order valence-corrected chi connectivity index (χ1v) is 11.7. The minimum absolute atomic E-state index is 0.147. The molecule has 2 aromatic rings. The van der Waals surface area contributed by atoms with E-state index in [0.717, 1.165) is 34.9 Å². The lowest BCUT2D eigenvalue weighted by Gasteiger charge is -2.27. The summed E-state index contributed by atoms with van der Waals surface area (Å²) >= 11 is 3.44. The molecule has 5 nitrogen and oxygen atoms in total. The highest BCUT2D eigenvalue weighted by Gasteiger charge is 2.62. The maximum Gasteiger partial charge on any atom is 0.248 e. The minimum Gasteiger partial charge on any atom is -0.324 e. The van der Waals surface area contributed by atoms with Gasteiger partial charge in [-0.1, -0.05) is 46.3 Å². The molecule has 5 atom stereocenters. The number of amides is 3. The number of hydrogen-bond donors (Lipinski definition) is 1. The fraction of sp³-hybridized carbons (Fsp3) is 0.400. The molecule has 0 spiro atoms. The summed E-state index contributed by atoms with van der Waals surface area (Å²) in [5, 5.41) is 2.97. The Bertz CT molecular complexity index is 1030. The number of nitrogens with one attached hydrogen (secondary N) is 1. The van der Waals surface area contributed by atoms with Crippen molar-refractivity contribution in [1.82, 2.24) is 4.90 Å². The molecule has 3 amide bonds. The van der Waals surface area contributed by atoms with Crippen LogP contribution in [0.3, 0.4) is 0 Å². The molecule has 3 aliphatic rings. The Labute approximate surface area is 190 Å². The van der Waals surface area contributed by atoms with Crippen LogP contribution in [0.2, 0.25) is 0 Å². The maximum atomic E-state index is 13.5. The minimum atomic E-state index is -0.851. The summed E-state index contributed by atoms with van der Waals surface area (Å²) in [5.74, 6) is -0.477. The molecule has 0 radical (unpaired) electrons. The SMILES string of the molecule is Cc1cc(Br)ccc1NC(=O)[C@H](Cc1ccccc1)N1C(=O)[C@@H]2[C@H]3CC[C@@H](C3)[C@@H]2C1=O. The van der Waals surface area contributed by atoms with Gasteiger partial charge in [-0.15, -0.1) is 0 Å². The molecule has 2 saturated carbocycles. The van der Waals surface area contributed by atoms with E-state index in [9.17, 15) is 14.4 Å². The molecule has 3 fully saturated rings. The Morgan fingerprint density at radius 2 is 1.71 bits per heavy atom. The Kier molecular flexibility index (Phi) is 5.21. The van der Waals surface area contributed by atoms with Gasteiger partial charge in [0.1, 0.15) is 6.04 Å². The molecule has 1 saturated heterocycles. The molecule has 5 rings (SSSR count). The average molecular weight is 481 g/mol. The second-order valence-corrected chi connectivity index (χ2v) is 10.0. The highest BCUT2D eigenvalue weighted by Crippen LogP contribution is 2.56. The number of hydrogen-bond acceptors (Lipinski definition) is 3. The molecule has 1 N–H and O–H groups in total. The van der Waals surface area contributed by atoms with Crippen LogP contribution in [0.25, 0.3) is 0 Å². The van der Waals surface area contributed by atoms with Gasteiger partial charge >= 0.3 is 0 Å². The van der Waals surface area contributed by atoms with Gasteiger partial charge in [-0.25, -0.2) is 0 Å². The number of nitrogens with zero attached hydrogens (tertiary/aromatic N) is 1. The number of halogens is 1. The van der Waals surface area contributed by atoms with Crippen LogP contribution in [0.5, 0.6) is 0 Å². The standard InChI is InChI=1S/C25H25BrN2O3/c1-14-11-18(26)9-10-19(14)27-23(29)20(12-15-5-3-2-4-6-15)28-24(30)21-16-7-8-17(13-16)22(21)25(28)31/h2-6,9-11,16-17,20-22H,7-8,12-13H2,1H3,(H,27,29)/t16-,17-,20-,21-,22+/m0/s1. The first kappa shape index (κ1) is 20.4. The lowest BCUT2D eigenvalue weighted by Crippen LogP contribution is -2.49. The zero-order valence-electron chi connectivity index (χ0n) is 17.4. The van der Waals surface area contributed by atoms with Gasteiger partial charge in [0.2, 0.25) is 17.7 Å². The van der Waals surface area contributed by atoms with Crippen molar-refractivity contribution in [3.63, 3.8) is 0 Å². The lowest BCUT2D eigenvalue weighted by atomic mass is 9.81. The van der Waals surface area contributed by atoms with Crippen LogP contribution in [0, 0.1) is 30.6 Å². The van der Waals surface area contributed by atoms with Crippen molar-refractivity contribution in [2.24, 2.45) is 23.7 Å². The normalized spacial score (nSPS) is 27.5. The Hall–Kier alpha value is -2.47. The van der Waals surface area contributed by atoms with Crippen molar-refractivity contribution in [2.75, 3.05) is 5.32 Å². The van der Waals surface area contributed by atoms with Crippen molar-refractivity contribution in [3.05, 3.63) is 64.1 Å². The topological polar surface area (TPSA) is 66.5 Å². The van der Waals surface area contributed by atoms with Crippen LogP contribution in [0.4, 0.5) is 5.69 Å². The van der Waals surface area contributed by atoms with E-state index in [1.54, 1.807) is 0 Å². The fourth-order valence-corrected chi connectivity index (χ4v) is 6.34. The van der Waals surface area contributed by atoms with Crippen LogP contribution in [-0.2, 0) is 20.8 Å². The van der Waals surface area contributed by atoms with Crippen molar-refractivity contribution in [2.45, 2.75) is 38.6 Å². The third-order valence-corrected chi connectivity index (χ3v) is 7.79. The average Bonchev–Trinajstić information content (AvgIpc) is 3.43. The maximum absolute atomic E-state index is 13.5. The second-order valence-electron chi connectivity index (χ2n) is 9.09. The van der Waals surface area contributed by atoms with E-state index in [2.05, 4.69) is 21.2 Å². The summed E-state index contributed by atoms with van der Waals surface area (Å²) in [6, 6.07) is 14.4. The molecule has 6 heteroatoms. The molecule has 0 unspecified atom stereocenters. The molecular formula is C25H25BrN2O3. The molecule has 160 valence electrons. The number of anilines is 1. The number of fused-ring (bicyclic) bond motifs is 5. The summed E-state index contributed by atoms with van der Waals surface area (Å²) in [6.45, 7) is 1.92. The van der Waals surface area contributed by atoms with Gasteiger partial charge < -0.3 is 5.32 Å². The Balaban J connectivity index is 1.46. The number of rotatable bonds is 5. The lowest BCUT2D eigenvalue weighted by molar-refractivity contribution is -0.147. The third-order valence-electron chi connectivity index (χ3n) is 7.29. The van der Waals surface area contributed by atoms with Crippen LogP contribution in [-0.4, -0.2) is 28.7 Å². The zero-order valence-corrected chi connectivity index (χ0v) is 19.0. The number of carbonyl (C=O) groups is 3. The molecule has 2 aromatic carbocycles. The smallest absolute Gasteiger partial charge is 0.248 e. The highest BCUT2D eigenvalue weighted by atomic mass is 79.9. The summed E-state index contributed by atoms with van der Waals surface area (Å²) in [5.41, 5.74) is 2.52. The van der Waals surface area contributed by atoms with E-state index in [1.165, 1.54) is 4.90 Å². The van der Waals surface area contributed by atoms with Crippen LogP contribution >= 0.6 is 15.9 Å². The van der Waals surface area contributed by atoms with Crippen LogP contribution < -0.4 is 5.32 Å². The van der Waals surface area contributed by atoms with E-state index in [-0.39, 0.29) is 29.6 Å². The van der Waals surface area contributed by atoms with Gasteiger partial charge in [-0.3, -0.25) is 19.3 Å². The van der Waals surface area contributed by atoms with Crippen molar-refractivity contribution in [1.29, 1.82) is 0 Å². The van der Waals surface area contributed by atoms with E-state index in [0.29, 0.717) is 23.9 Å². The highest BCUT2D eigenvalue weighted by molar-refractivity contribution is 9.10. The monoisotopic (exact) mass is 480 g/mol. The summed E-state index contributed by atoms with van der Waals surface area (Å²) < 4.78 is 0.928. The second kappa shape index (κ2) is 7.90. The molecule has 1 aliphatic heterocycles. The van der Waals surface area contributed by atoms with Gasteiger partial charge in [0.15, 0.2) is 0 Å². The predicted octanol–water partition coefficient (Wildman–Crippen LogP) is 4.34. The first-order valence-electron chi connectivity index (χ1n) is 10.9. The molecule has 31 heavy (non-hydrogen) atoms. The Morgan fingerprint density at radius 3 is 2.32 bits per heavy atom. The molecule has 2 bridgehead atoms. The largest absolute Gasteiger partial charge is 0.324 e. The predicted molar refractivity (Wildman–Crippen MR) is 121 cm³/mol. The zero-order chi connectivity index (χ0) is 21.7. The number of benzene rings is 2. The molecule has 1 heterocycles. The summed E-state index contributed by atoms with van der Waals surface area (Å²) in [6.07, 6.45) is 3.33. The third kappa shape index (κ3) is 3.51. The number of aryl methyl sites for hydroxylation is 1. The van der Waals surface area contributed by atoms with E-state index < -0.39 is 6.04 Å². The number of likely N-dealkylation sites (tertiary alicyclic amines) is 1. The van der Waals surface area contributed by atoms with Crippen molar-refractivity contribution < 1.29 is 14.4 Å². The molecule has 0 aromatic heterocycles. The number of imide groups is 1. The molecular weight excluding hydrogens is 456 g/mol. The first-order chi connectivity index (χ1) is 14.9. The van der Waals surface area contributed by atoms with Gasteiger partial charge in [0, 0.05) is 16.6 Å². The van der Waals surface area contributed by atoms with Gasteiger partial charge in [-0.05, 0) is 67.3 Å². The van der Waals surface area contributed by atoms with Gasteiger partial charge in [0.25, 0.3) is 0 Å².